The van der Waals surface area contributed by atoms with Crippen LogP contribution in [0.25, 0.3) is 0 Å². The second kappa shape index (κ2) is 5.35. The highest BCUT2D eigenvalue weighted by Gasteiger charge is 2.35. The highest BCUT2D eigenvalue weighted by molar-refractivity contribution is 7.98. The molecule has 2 atom stereocenters. The summed E-state index contributed by atoms with van der Waals surface area (Å²) in [6, 6.07) is 0. The largest absolute Gasteiger partial charge is 0.350 e. The zero-order valence-corrected chi connectivity index (χ0v) is 10.3. The minimum absolute atomic E-state index is 0.307. The van der Waals surface area contributed by atoms with Gasteiger partial charge in [0.2, 0.25) is 0 Å². The molecule has 0 aromatic heterocycles. The van der Waals surface area contributed by atoms with Gasteiger partial charge in [-0.25, -0.2) is 0 Å². The van der Waals surface area contributed by atoms with Crippen molar-refractivity contribution in [1.82, 2.24) is 5.32 Å². The van der Waals surface area contributed by atoms with E-state index in [1.54, 1.807) is 0 Å². The first-order valence-electron chi connectivity index (χ1n) is 5.04. The molecule has 0 spiro atoms. The Morgan fingerprint density at radius 2 is 2.21 bits per heavy atom. The van der Waals surface area contributed by atoms with Gasteiger partial charge in [-0.3, -0.25) is 0 Å². The van der Waals surface area contributed by atoms with Gasteiger partial charge >= 0.3 is 0 Å². The Kier molecular flexibility index (Phi) is 4.70. The molecule has 0 radical (unpaired) electrons. The summed E-state index contributed by atoms with van der Waals surface area (Å²) >= 11 is 1.83. The van der Waals surface area contributed by atoms with Crippen molar-refractivity contribution in [2.45, 2.75) is 25.7 Å². The summed E-state index contributed by atoms with van der Waals surface area (Å²) in [5, 5.41) is 3.18. The van der Waals surface area contributed by atoms with E-state index in [4.69, 9.17) is 9.47 Å². The third kappa shape index (κ3) is 3.42. The number of hydrogen-bond donors (Lipinski definition) is 1. The van der Waals surface area contributed by atoms with Gasteiger partial charge in [0, 0.05) is 18.2 Å². The molecule has 1 N–H and O–H groups in total. The van der Waals surface area contributed by atoms with E-state index in [2.05, 4.69) is 11.6 Å². The zero-order valence-electron chi connectivity index (χ0n) is 9.50. The van der Waals surface area contributed by atoms with E-state index < -0.39 is 5.79 Å². The Morgan fingerprint density at radius 1 is 1.50 bits per heavy atom. The predicted molar refractivity (Wildman–Crippen MR) is 60.7 cm³/mol. The fourth-order valence-corrected chi connectivity index (χ4v) is 2.37. The van der Waals surface area contributed by atoms with E-state index in [1.165, 1.54) is 0 Å². The number of hydrogen-bond acceptors (Lipinski definition) is 4. The molecule has 1 aliphatic rings. The second-order valence-corrected chi connectivity index (χ2v) is 5.05. The number of nitrogens with one attached hydrogen (secondary N) is 1. The number of rotatable bonds is 4. The summed E-state index contributed by atoms with van der Waals surface area (Å²) in [5.41, 5.74) is 0. The van der Waals surface area contributed by atoms with Gasteiger partial charge in [-0.1, -0.05) is 0 Å². The van der Waals surface area contributed by atoms with Crippen LogP contribution >= 0.6 is 11.8 Å². The SMILES string of the molecule is CNCC1COC(C)(C)O[C@H]1CSC. The molecule has 4 heteroatoms. The lowest BCUT2D eigenvalue weighted by atomic mass is 10.0. The lowest BCUT2D eigenvalue weighted by Crippen LogP contribution is -2.49. The van der Waals surface area contributed by atoms with Crippen LogP contribution in [0.2, 0.25) is 0 Å². The topological polar surface area (TPSA) is 30.5 Å². The molecular formula is C10H21NO2S. The maximum atomic E-state index is 5.90. The van der Waals surface area contributed by atoms with E-state index in [9.17, 15) is 0 Å². The lowest BCUT2D eigenvalue weighted by Gasteiger charge is -2.41. The van der Waals surface area contributed by atoms with Crippen LogP contribution in [0.1, 0.15) is 13.8 Å². The molecule has 1 unspecified atom stereocenters. The molecule has 0 saturated carbocycles. The minimum Gasteiger partial charge on any atom is -0.350 e. The smallest absolute Gasteiger partial charge is 0.163 e. The van der Waals surface area contributed by atoms with Gasteiger partial charge in [-0.2, -0.15) is 11.8 Å². The van der Waals surface area contributed by atoms with Crippen LogP contribution in [-0.2, 0) is 9.47 Å². The van der Waals surface area contributed by atoms with Crippen molar-refractivity contribution in [2.75, 3.05) is 32.2 Å². The van der Waals surface area contributed by atoms with Crippen LogP contribution < -0.4 is 5.32 Å². The molecule has 1 saturated heterocycles. The molecule has 0 amide bonds. The fourth-order valence-electron chi connectivity index (χ4n) is 1.70. The molecule has 84 valence electrons. The van der Waals surface area contributed by atoms with E-state index in [1.807, 2.05) is 32.7 Å². The molecule has 0 aromatic rings. The van der Waals surface area contributed by atoms with Crippen molar-refractivity contribution in [3.05, 3.63) is 0 Å². The summed E-state index contributed by atoms with van der Waals surface area (Å²) < 4.78 is 11.5. The molecule has 1 fully saturated rings. The minimum atomic E-state index is -0.412. The summed E-state index contributed by atoms with van der Waals surface area (Å²) in [5.74, 6) is 1.10. The van der Waals surface area contributed by atoms with Gasteiger partial charge in [0.1, 0.15) is 0 Å². The van der Waals surface area contributed by atoms with E-state index in [-0.39, 0.29) is 0 Å². The molecular weight excluding hydrogens is 198 g/mol. The van der Waals surface area contributed by atoms with Crippen LogP contribution in [0.5, 0.6) is 0 Å². The van der Waals surface area contributed by atoms with Crippen molar-refractivity contribution < 1.29 is 9.47 Å². The van der Waals surface area contributed by atoms with Crippen molar-refractivity contribution in [2.24, 2.45) is 5.92 Å². The van der Waals surface area contributed by atoms with Gasteiger partial charge in [0.15, 0.2) is 5.79 Å². The average molecular weight is 219 g/mol. The standard InChI is InChI=1S/C10H21NO2S/c1-10(2)12-6-8(5-11-3)9(13-10)7-14-4/h8-9,11H,5-7H2,1-4H3/t8?,9-/m0/s1. The van der Waals surface area contributed by atoms with Gasteiger partial charge < -0.3 is 14.8 Å². The molecule has 14 heavy (non-hydrogen) atoms. The summed E-state index contributed by atoms with van der Waals surface area (Å²) in [7, 11) is 1.97. The summed E-state index contributed by atoms with van der Waals surface area (Å²) in [6.07, 6.45) is 2.42. The average Bonchev–Trinajstić information content (AvgIpc) is 2.10. The second-order valence-electron chi connectivity index (χ2n) is 4.14. The fraction of sp³-hybridized carbons (Fsp3) is 1.00. The van der Waals surface area contributed by atoms with E-state index in [0.29, 0.717) is 12.0 Å². The monoisotopic (exact) mass is 219 g/mol. The third-order valence-electron chi connectivity index (χ3n) is 2.40. The normalized spacial score (nSPS) is 31.7. The number of thioether (sulfide) groups is 1. The quantitative estimate of drug-likeness (QED) is 0.773. The van der Waals surface area contributed by atoms with Gasteiger partial charge in [0.25, 0.3) is 0 Å². The van der Waals surface area contributed by atoms with Crippen LogP contribution in [0, 0.1) is 5.92 Å². The van der Waals surface area contributed by atoms with Crippen LogP contribution in [0.3, 0.4) is 0 Å². The molecule has 1 aliphatic heterocycles. The Balaban J connectivity index is 2.51. The predicted octanol–water partition coefficient (Wildman–Crippen LogP) is 1.34. The van der Waals surface area contributed by atoms with Gasteiger partial charge in [0.05, 0.1) is 12.7 Å². The maximum Gasteiger partial charge on any atom is 0.163 e. The highest BCUT2D eigenvalue weighted by Crippen LogP contribution is 2.27. The first-order chi connectivity index (χ1) is 6.59. The van der Waals surface area contributed by atoms with Crippen LogP contribution in [-0.4, -0.2) is 44.1 Å². The Hall–Kier alpha value is 0.230. The molecule has 0 bridgehead atoms. The third-order valence-corrected chi connectivity index (χ3v) is 3.07. The molecule has 0 aromatic carbocycles. The van der Waals surface area contributed by atoms with Gasteiger partial charge in [-0.15, -0.1) is 0 Å². The molecule has 1 rings (SSSR count). The zero-order chi connectivity index (χ0) is 10.6. The molecule has 0 aliphatic carbocycles. The Labute approximate surface area is 90.9 Å². The first kappa shape index (κ1) is 12.3. The van der Waals surface area contributed by atoms with Crippen LogP contribution in [0.15, 0.2) is 0 Å². The van der Waals surface area contributed by atoms with Crippen molar-refractivity contribution >= 4 is 11.8 Å². The van der Waals surface area contributed by atoms with Crippen LogP contribution in [0.4, 0.5) is 0 Å². The summed E-state index contributed by atoms with van der Waals surface area (Å²) in [6.45, 7) is 5.71. The summed E-state index contributed by atoms with van der Waals surface area (Å²) in [4.78, 5) is 0. The van der Waals surface area contributed by atoms with Crippen molar-refractivity contribution in [3.63, 3.8) is 0 Å². The van der Waals surface area contributed by atoms with Crippen molar-refractivity contribution in [1.29, 1.82) is 0 Å². The first-order valence-corrected chi connectivity index (χ1v) is 6.44. The Morgan fingerprint density at radius 3 is 2.79 bits per heavy atom. The lowest BCUT2D eigenvalue weighted by molar-refractivity contribution is -0.286. The van der Waals surface area contributed by atoms with E-state index >= 15 is 0 Å². The Bertz CT molecular complexity index is 176. The maximum absolute atomic E-state index is 5.90. The molecule has 3 nitrogen and oxygen atoms in total. The van der Waals surface area contributed by atoms with E-state index in [0.717, 1.165) is 18.9 Å². The number of ether oxygens (including phenoxy) is 2. The van der Waals surface area contributed by atoms with Gasteiger partial charge in [-0.05, 0) is 27.2 Å². The molecule has 1 heterocycles. The van der Waals surface area contributed by atoms with Crippen molar-refractivity contribution in [3.8, 4) is 0 Å². The highest BCUT2D eigenvalue weighted by atomic mass is 32.2.